The minimum atomic E-state index is 0.411. The summed E-state index contributed by atoms with van der Waals surface area (Å²) in [7, 11) is 0. The third-order valence-electron chi connectivity index (χ3n) is 4.67. The van der Waals surface area contributed by atoms with E-state index in [1.807, 2.05) is 24.3 Å². The van der Waals surface area contributed by atoms with Crippen LogP contribution in [0.5, 0.6) is 5.75 Å². The molecule has 2 aliphatic rings. The molecule has 1 atom stereocenters. The molecule has 2 nitrogen and oxygen atoms in total. The molecule has 1 N–H and O–H groups in total. The Morgan fingerprint density at radius 3 is 2.75 bits per heavy atom. The number of nitrogens with one attached hydrogen (secondary N) is 1. The van der Waals surface area contributed by atoms with Crippen LogP contribution in [0.2, 0.25) is 0 Å². The first-order valence-electron chi connectivity index (χ1n) is 7.77. The Morgan fingerprint density at radius 2 is 2.10 bits per heavy atom. The average molecular weight is 338 g/mol. The molecule has 0 saturated heterocycles. The number of halogens is 1. The quantitative estimate of drug-likeness (QED) is 0.759. The van der Waals surface area contributed by atoms with Crippen LogP contribution >= 0.6 is 15.9 Å². The van der Waals surface area contributed by atoms with E-state index in [2.05, 4.69) is 28.2 Å². The van der Waals surface area contributed by atoms with Crippen LogP contribution in [0, 0.1) is 11.3 Å². The third-order valence-corrected chi connectivity index (χ3v) is 5.17. The summed E-state index contributed by atoms with van der Waals surface area (Å²) in [5.41, 5.74) is 0.411. The molecular formula is C17H24BrNO. The summed E-state index contributed by atoms with van der Waals surface area (Å²) in [5.74, 6) is 1.87. The molecule has 0 aliphatic heterocycles. The molecule has 20 heavy (non-hydrogen) atoms. The van der Waals surface area contributed by atoms with Gasteiger partial charge in [0.05, 0.1) is 6.61 Å². The van der Waals surface area contributed by atoms with Gasteiger partial charge in [-0.1, -0.05) is 28.9 Å². The van der Waals surface area contributed by atoms with Crippen molar-refractivity contribution in [2.75, 3.05) is 13.2 Å². The van der Waals surface area contributed by atoms with E-state index in [0.29, 0.717) is 5.41 Å². The number of benzene rings is 1. The van der Waals surface area contributed by atoms with Gasteiger partial charge in [-0.2, -0.15) is 0 Å². The summed E-state index contributed by atoms with van der Waals surface area (Å²) in [6.45, 7) is 4.41. The van der Waals surface area contributed by atoms with E-state index in [4.69, 9.17) is 4.74 Å². The molecule has 3 rings (SSSR count). The van der Waals surface area contributed by atoms with Crippen LogP contribution in [-0.2, 0) is 0 Å². The zero-order chi connectivity index (χ0) is 14.0. The lowest BCUT2D eigenvalue weighted by molar-refractivity contribution is 0.179. The van der Waals surface area contributed by atoms with Gasteiger partial charge >= 0.3 is 0 Å². The zero-order valence-corrected chi connectivity index (χ0v) is 13.8. The highest BCUT2D eigenvalue weighted by atomic mass is 79.9. The zero-order valence-electron chi connectivity index (χ0n) is 12.2. The van der Waals surface area contributed by atoms with Crippen LogP contribution in [0.25, 0.3) is 0 Å². The summed E-state index contributed by atoms with van der Waals surface area (Å²) in [4.78, 5) is 0. The second-order valence-corrected chi connectivity index (χ2v) is 7.55. The topological polar surface area (TPSA) is 21.3 Å². The molecule has 1 aromatic rings. The van der Waals surface area contributed by atoms with E-state index in [9.17, 15) is 0 Å². The number of ether oxygens (including phenoxy) is 1. The average Bonchev–Trinajstić information content (AvgIpc) is 3.29. The Hall–Kier alpha value is -0.540. The molecular weight excluding hydrogens is 314 g/mol. The molecule has 0 radical (unpaired) electrons. The molecule has 3 heteroatoms. The summed E-state index contributed by atoms with van der Waals surface area (Å²) in [6.07, 6.45) is 6.69. The van der Waals surface area contributed by atoms with Crippen molar-refractivity contribution in [3.63, 3.8) is 0 Å². The highest BCUT2D eigenvalue weighted by Gasteiger charge is 2.41. The molecule has 0 amide bonds. The first-order valence-corrected chi connectivity index (χ1v) is 8.57. The van der Waals surface area contributed by atoms with Crippen molar-refractivity contribution < 1.29 is 4.74 Å². The lowest BCUT2D eigenvalue weighted by atomic mass is 9.81. The van der Waals surface area contributed by atoms with Crippen LogP contribution in [0.15, 0.2) is 28.7 Å². The Labute approximate surface area is 130 Å². The molecule has 1 aromatic carbocycles. The van der Waals surface area contributed by atoms with Crippen LogP contribution in [0.4, 0.5) is 0 Å². The van der Waals surface area contributed by atoms with Gasteiger partial charge in [0.25, 0.3) is 0 Å². The predicted molar refractivity (Wildman–Crippen MR) is 86.1 cm³/mol. The standard InChI is InChI=1S/C17H24BrNO/c1-17(13-5-6-13,12-19-15-7-8-15)9-10-20-16-4-2-3-14(18)11-16/h2-4,11,13,15,19H,5-10,12H2,1H3. The lowest BCUT2D eigenvalue weighted by Gasteiger charge is -2.30. The van der Waals surface area contributed by atoms with Crippen molar-refractivity contribution in [3.8, 4) is 5.75 Å². The second kappa shape index (κ2) is 6.07. The van der Waals surface area contributed by atoms with Crippen molar-refractivity contribution in [3.05, 3.63) is 28.7 Å². The van der Waals surface area contributed by atoms with Gasteiger partial charge in [-0.15, -0.1) is 0 Å². The number of hydrogen-bond acceptors (Lipinski definition) is 2. The second-order valence-electron chi connectivity index (χ2n) is 6.64. The smallest absolute Gasteiger partial charge is 0.120 e. The molecule has 2 aliphatic carbocycles. The Balaban J connectivity index is 1.48. The molecule has 1 unspecified atom stereocenters. The van der Waals surface area contributed by atoms with E-state index in [0.717, 1.165) is 41.8 Å². The normalized spacial score (nSPS) is 21.5. The van der Waals surface area contributed by atoms with E-state index < -0.39 is 0 Å². The first-order chi connectivity index (χ1) is 9.66. The Bertz CT molecular complexity index is 456. The molecule has 110 valence electrons. The van der Waals surface area contributed by atoms with Crippen LogP contribution in [0.3, 0.4) is 0 Å². The summed E-state index contributed by atoms with van der Waals surface area (Å²) in [5, 5.41) is 3.71. The van der Waals surface area contributed by atoms with Gasteiger partial charge in [0.15, 0.2) is 0 Å². The molecule has 2 fully saturated rings. The fourth-order valence-corrected chi connectivity index (χ4v) is 3.22. The van der Waals surface area contributed by atoms with Gasteiger partial charge in [0, 0.05) is 17.1 Å². The van der Waals surface area contributed by atoms with Crippen LogP contribution in [0.1, 0.15) is 39.0 Å². The van der Waals surface area contributed by atoms with E-state index in [1.54, 1.807) is 0 Å². The van der Waals surface area contributed by atoms with E-state index >= 15 is 0 Å². The van der Waals surface area contributed by atoms with Crippen molar-refractivity contribution >= 4 is 15.9 Å². The maximum absolute atomic E-state index is 5.93. The fraction of sp³-hybridized carbons (Fsp3) is 0.647. The molecule has 0 heterocycles. The SMILES string of the molecule is CC(CCOc1cccc(Br)c1)(CNC1CC1)C1CC1. The fourth-order valence-electron chi connectivity index (χ4n) is 2.84. The summed E-state index contributed by atoms with van der Waals surface area (Å²) in [6, 6.07) is 8.92. The molecule has 0 aromatic heterocycles. The van der Waals surface area contributed by atoms with Crippen molar-refractivity contribution in [2.45, 2.75) is 45.1 Å². The monoisotopic (exact) mass is 337 g/mol. The Morgan fingerprint density at radius 1 is 1.30 bits per heavy atom. The van der Waals surface area contributed by atoms with Gasteiger partial charge in [0.2, 0.25) is 0 Å². The van der Waals surface area contributed by atoms with Crippen molar-refractivity contribution in [2.24, 2.45) is 11.3 Å². The maximum atomic E-state index is 5.93. The van der Waals surface area contributed by atoms with Crippen molar-refractivity contribution in [1.82, 2.24) is 5.32 Å². The van der Waals surface area contributed by atoms with Crippen LogP contribution in [-0.4, -0.2) is 19.2 Å². The van der Waals surface area contributed by atoms with Crippen LogP contribution < -0.4 is 10.1 Å². The van der Waals surface area contributed by atoms with E-state index in [-0.39, 0.29) is 0 Å². The minimum Gasteiger partial charge on any atom is -0.494 e. The van der Waals surface area contributed by atoms with Crippen molar-refractivity contribution in [1.29, 1.82) is 0 Å². The van der Waals surface area contributed by atoms with Gasteiger partial charge in [-0.3, -0.25) is 0 Å². The predicted octanol–water partition coefficient (Wildman–Crippen LogP) is 4.39. The van der Waals surface area contributed by atoms with Gasteiger partial charge < -0.3 is 10.1 Å². The number of rotatable bonds is 8. The third kappa shape index (κ3) is 3.98. The van der Waals surface area contributed by atoms with Gasteiger partial charge in [-0.25, -0.2) is 0 Å². The minimum absolute atomic E-state index is 0.411. The Kier molecular flexibility index (Phi) is 4.37. The first kappa shape index (κ1) is 14.4. The van der Waals surface area contributed by atoms with Gasteiger partial charge in [0.1, 0.15) is 5.75 Å². The number of hydrogen-bond donors (Lipinski definition) is 1. The summed E-state index contributed by atoms with van der Waals surface area (Å²) >= 11 is 3.48. The highest BCUT2D eigenvalue weighted by Crippen LogP contribution is 2.47. The molecule has 0 spiro atoms. The largest absolute Gasteiger partial charge is 0.494 e. The van der Waals surface area contributed by atoms with E-state index in [1.165, 1.54) is 25.7 Å². The highest BCUT2D eigenvalue weighted by molar-refractivity contribution is 9.10. The molecule has 0 bridgehead atoms. The molecule has 2 saturated carbocycles. The maximum Gasteiger partial charge on any atom is 0.120 e. The lowest BCUT2D eigenvalue weighted by Crippen LogP contribution is -2.36. The summed E-state index contributed by atoms with van der Waals surface area (Å²) < 4.78 is 7.00. The van der Waals surface area contributed by atoms with Gasteiger partial charge in [-0.05, 0) is 61.6 Å².